The van der Waals surface area contributed by atoms with E-state index in [0.717, 1.165) is 61.3 Å². The number of piperazine rings is 1. The Hall–Kier alpha value is -3.19. The fraction of sp³-hybridized carbons (Fsp3) is 0.318. The predicted molar refractivity (Wildman–Crippen MR) is 112 cm³/mol. The minimum atomic E-state index is -0.379. The molecule has 4 rings (SSSR count). The molecule has 29 heavy (non-hydrogen) atoms. The van der Waals surface area contributed by atoms with Crippen LogP contribution in [-0.2, 0) is 13.0 Å². The second-order valence-corrected chi connectivity index (χ2v) is 7.46. The highest BCUT2D eigenvalue weighted by Crippen LogP contribution is 2.20. The minimum Gasteiger partial charge on any atom is -0.423 e. The van der Waals surface area contributed by atoms with Gasteiger partial charge in [0.05, 0.1) is 31.1 Å². The van der Waals surface area contributed by atoms with Gasteiger partial charge in [-0.05, 0) is 30.2 Å². The summed E-state index contributed by atoms with van der Waals surface area (Å²) in [5.41, 5.74) is 3.66. The van der Waals surface area contributed by atoms with E-state index in [2.05, 4.69) is 24.0 Å². The standard InChI is InChI=1S/C22H23N3O4/c1-2-16-3-8-20-17(14-22(26)29-21(20)13-16)15-23-9-11-24(12-10-23)18-4-6-19(7-5-18)25(27)28/h3-8,13-14H,2,9-12,15H2,1H3/p+1. The fourth-order valence-corrected chi connectivity index (χ4v) is 3.95. The van der Waals surface area contributed by atoms with Crippen LogP contribution in [0, 0.1) is 10.1 Å². The van der Waals surface area contributed by atoms with Crippen LogP contribution in [0.5, 0.6) is 0 Å². The number of hydrogen-bond acceptors (Lipinski definition) is 5. The molecule has 0 unspecified atom stereocenters. The van der Waals surface area contributed by atoms with Crippen molar-refractivity contribution in [3.8, 4) is 0 Å². The van der Waals surface area contributed by atoms with Crippen LogP contribution in [0.25, 0.3) is 11.0 Å². The summed E-state index contributed by atoms with van der Waals surface area (Å²) < 4.78 is 5.41. The quantitative estimate of drug-likeness (QED) is 0.408. The Morgan fingerprint density at radius 1 is 1.10 bits per heavy atom. The van der Waals surface area contributed by atoms with Gasteiger partial charge in [0.2, 0.25) is 0 Å². The summed E-state index contributed by atoms with van der Waals surface area (Å²) in [7, 11) is 0. The summed E-state index contributed by atoms with van der Waals surface area (Å²) in [6.45, 7) is 6.47. The van der Waals surface area contributed by atoms with Crippen LogP contribution >= 0.6 is 0 Å². The first kappa shape index (κ1) is 19.1. The Labute approximate surface area is 168 Å². The van der Waals surface area contributed by atoms with Gasteiger partial charge < -0.3 is 14.2 Å². The van der Waals surface area contributed by atoms with E-state index < -0.39 is 0 Å². The number of aryl methyl sites for hydroxylation is 1. The van der Waals surface area contributed by atoms with Gasteiger partial charge in [0.25, 0.3) is 5.69 Å². The normalized spacial score (nSPS) is 15.0. The zero-order chi connectivity index (χ0) is 20.4. The van der Waals surface area contributed by atoms with E-state index in [4.69, 9.17) is 4.42 Å². The summed E-state index contributed by atoms with van der Waals surface area (Å²) in [6.07, 6.45) is 0.903. The lowest BCUT2D eigenvalue weighted by atomic mass is 10.1. The summed E-state index contributed by atoms with van der Waals surface area (Å²) in [4.78, 5) is 26.1. The van der Waals surface area contributed by atoms with E-state index in [9.17, 15) is 14.9 Å². The van der Waals surface area contributed by atoms with Crippen molar-refractivity contribution in [2.45, 2.75) is 19.9 Å². The number of nitro benzene ring substituents is 1. The van der Waals surface area contributed by atoms with Gasteiger partial charge in [0.15, 0.2) is 0 Å². The summed E-state index contributed by atoms with van der Waals surface area (Å²) >= 11 is 0. The molecule has 1 fully saturated rings. The first-order chi connectivity index (χ1) is 14.0. The molecule has 3 aromatic rings. The molecule has 7 heteroatoms. The van der Waals surface area contributed by atoms with Crippen LogP contribution in [0.1, 0.15) is 18.1 Å². The van der Waals surface area contributed by atoms with Gasteiger partial charge in [-0.3, -0.25) is 10.1 Å². The lowest BCUT2D eigenvalue weighted by Crippen LogP contribution is -3.13. The predicted octanol–water partition coefficient (Wildman–Crippen LogP) is 2.17. The molecule has 0 bridgehead atoms. The van der Waals surface area contributed by atoms with Crippen LogP contribution in [0.2, 0.25) is 0 Å². The number of rotatable bonds is 5. The molecular weight excluding hydrogens is 370 g/mol. The molecule has 150 valence electrons. The fourth-order valence-electron chi connectivity index (χ4n) is 3.95. The maximum absolute atomic E-state index is 12.0. The molecule has 0 saturated carbocycles. The van der Waals surface area contributed by atoms with E-state index in [0.29, 0.717) is 5.58 Å². The van der Waals surface area contributed by atoms with Gasteiger partial charge in [-0.1, -0.05) is 19.1 Å². The van der Waals surface area contributed by atoms with Crippen molar-refractivity contribution in [3.05, 3.63) is 80.2 Å². The number of nitrogens with one attached hydrogen (secondary N) is 1. The molecule has 2 heterocycles. The Morgan fingerprint density at radius 3 is 2.48 bits per heavy atom. The highest BCUT2D eigenvalue weighted by molar-refractivity contribution is 5.80. The Kier molecular flexibility index (Phi) is 5.31. The van der Waals surface area contributed by atoms with Gasteiger partial charge in [0, 0.05) is 34.8 Å². The molecule has 1 saturated heterocycles. The molecule has 0 spiro atoms. The number of anilines is 1. The van der Waals surface area contributed by atoms with Gasteiger partial charge in [-0.25, -0.2) is 4.79 Å². The van der Waals surface area contributed by atoms with Gasteiger partial charge in [-0.15, -0.1) is 0 Å². The van der Waals surface area contributed by atoms with Crippen LogP contribution in [-0.4, -0.2) is 31.1 Å². The Bertz CT molecular complexity index is 1080. The van der Waals surface area contributed by atoms with Gasteiger partial charge in [0.1, 0.15) is 12.1 Å². The molecule has 1 N–H and O–H groups in total. The first-order valence-corrected chi connectivity index (χ1v) is 9.92. The number of non-ortho nitro benzene ring substituents is 1. The summed E-state index contributed by atoms with van der Waals surface area (Å²) in [6, 6.07) is 14.4. The molecule has 0 aliphatic carbocycles. The molecule has 0 radical (unpaired) electrons. The molecule has 2 aromatic carbocycles. The second-order valence-electron chi connectivity index (χ2n) is 7.46. The van der Waals surface area contributed by atoms with Gasteiger partial charge in [-0.2, -0.15) is 0 Å². The average molecular weight is 394 g/mol. The third-order valence-electron chi connectivity index (χ3n) is 5.64. The van der Waals surface area contributed by atoms with E-state index in [1.54, 1.807) is 18.2 Å². The molecule has 0 atom stereocenters. The van der Waals surface area contributed by atoms with E-state index >= 15 is 0 Å². The van der Waals surface area contributed by atoms with E-state index in [1.807, 2.05) is 18.2 Å². The average Bonchev–Trinajstić information content (AvgIpc) is 2.73. The van der Waals surface area contributed by atoms with Crippen molar-refractivity contribution in [3.63, 3.8) is 0 Å². The third-order valence-corrected chi connectivity index (χ3v) is 5.64. The smallest absolute Gasteiger partial charge is 0.336 e. The zero-order valence-corrected chi connectivity index (χ0v) is 16.4. The molecular formula is C22H24N3O4+. The van der Waals surface area contributed by atoms with Crippen molar-refractivity contribution < 1.29 is 14.2 Å². The van der Waals surface area contributed by atoms with Crippen LogP contribution in [0.3, 0.4) is 0 Å². The van der Waals surface area contributed by atoms with Crippen molar-refractivity contribution in [2.75, 3.05) is 31.1 Å². The third kappa shape index (κ3) is 4.14. The van der Waals surface area contributed by atoms with Crippen molar-refractivity contribution >= 4 is 22.3 Å². The van der Waals surface area contributed by atoms with E-state index in [1.165, 1.54) is 4.90 Å². The number of hydrogen-bond donors (Lipinski definition) is 1. The van der Waals surface area contributed by atoms with Crippen molar-refractivity contribution in [2.24, 2.45) is 0 Å². The Morgan fingerprint density at radius 2 is 1.83 bits per heavy atom. The number of benzene rings is 2. The number of nitrogens with zero attached hydrogens (tertiary/aromatic N) is 2. The van der Waals surface area contributed by atoms with Crippen LogP contribution in [0.15, 0.2) is 57.7 Å². The summed E-state index contributed by atoms with van der Waals surface area (Å²) in [5.74, 6) is 0. The zero-order valence-electron chi connectivity index (χ0n) is 16.4. The summed E-state index contributed by atoms with van der Waals surface area (Å²) in [5, 5.41) is 11.8. The van der Waals surface area contributed by atoms with Crippen LogP contribution in [0.4, 0.5) is 11.4 Å². The highest BCUT2D eigenvalue weighted by Gasteiger charge is 2.22. The molecule has 1 aromatic heterocycles. The number of quaternary nitrogens is 1. The van der Waals surface area contributed by atoms with Gasteiger partial charge >= 0.3 is 5.63 Å². The van der Waals surface area contributed by atoms with Crippen molar-refractivity contribution in [1.29, 1.82) is 0 Å². The maximum Gasteiger partial charge on any atom is 0.336 e. The molecule has 0 amide bonds. The van der Waals surface area contributed by atoms with Crippen LogP contribution < -0.4 is 15.4 Å². The SMILES string of the molecule is CCc1ccc2c(C[NH+]3CCN(c4ccc([N+](=O)[O-])cc4)CC3)cc(=O)oc2c1. The number of fused-ring (bicyclic) bond motifs is 1. The molecule has 1 aliphatic heterocycles. The molecule has 1 aliphatic rings. The van der Waals surface area contributed by atoms with Crippen molar-refractivity contribution in [1.82, 2.24) is 0 Å². The minimum absolute atomic E-state index is 0.110. The lowest BCUT2D eigenvalue weighted by molar-refractivity contribution is -0.914. The highest BCUT2D eigenvalue weighted by atomic mass is 16.6. The largest absolute Gasteiger partial charge is 0.423 e. The Balaban J connectivity index is 1.46. The maximum atomic E-state index is 12.0. The monoisotopic (exact) mass is 394 g/mol. The topological polar surface area (TPSA) is 81.0 Å². The molecule has 7 nitrogen and oxygen atoms in total. The first-order valence-electron chi connectivity index (χ1n) is 9.92. The second kappa shape index (κ2) is 8.05. The lowest BCUT2D eigenvalue weighted by Gasteiger charge is -2.33. The van der Waals surface area contributed by atoms with E-state index in [-0.39, 0.29) is 16.2 Å². The number of nitro groups is 1.